The van der Waals surface area contributed by atoms with Crippen LogP contribution >= 0.6 is 0 Å². The first-order valence-corrected chi connectivity index (χ1v) is 6.75. The van der Waals surface area contributed by atoms with E-state index in [1.54, 1.807) is 0 Å². The van der Waals surface area contributed by atoms with E-state index in [1.165, 1.54) is 12.8 Å². The number of carbonyl (C=O) groups excluding carboxylic acids is 1. The molecule has 0 amide bonds. The smallest absolute Gasteiger partial charge is 0.347 e. The lowest BCUT2D eigenvalue weighted by Gasteiger charge is -2.14. The molecular weight excluding hydrogens is 244 g/mol. The molecule has 2 aliphatic rings. The van der Waals surface area contributed by atoms with Crippen LogP contribution in [0, 0.1) is 6.92 Å². The maximum atomic E-state index is 11.4. The average Bonchev–Trinajstić information content (AvgIpc) is 3.14. The van der Waals surface area contributed by atoms with Gasteiger partial charge < -0.3 is 14.8 Å². The van der Waals surface area contributed by atoms with Gasteiger partial charge in [0, 0.05) is 24.7 Å². The van der Waals surface area contributed by atoms with Gasteiger partial charge in [0.2, 0.25) is 0 Å². The number of carbonyl (C=O) groups is 1. The molecule has 1 unspecified atom stereocenters. The molecule has 19 heavy (non-hydrogen) atoms. The number of rotatable bonds is 5. The summed E-state index contributed by atoms with van der Waals surface area (Å²) in [5.74, 6) is 0.407. The monoisotopic (exact) mass is 262 g/mol. The number of nitrogens with one attached hydrogen (secondary N) is 1. The third-order valence-corrected chi connectivity index (χ3v) is 3.36. The lowest BCUT2D eigenvalue weighted by Crippen LogP contribution is -2.24. The largest absolute Gasteiger partial charge is 0.477 e. The Hall–Kier alpha value is -1.62. The number of esters is 1. The number of cyclic esters (lactones) is 1. The summed E-state index contributed by atoms with van der Waals surface area (Å²) in [5.41, 5.74) is 1.82. The molecule has 1 aromatic rings. The van der Waals surface area contributed by atoms with Crippen molar-refractivity contribution in [3.63, 3.8) is 0 Å². The SMILES string of the molecule is Cc1ccc(OC2CCOC2=O)c(CNC2CC2)n1. The minimum atomic E-state index is -0.482. The summed E-state index contributed by atoms with van der Waals surface area (Å²) < 4.78 is 10.7. The summed E-state index contributed by atoms with van der Waals surface area (Å²) in [4.78, 5) is 16.0. The summed E-state index contributed by atoms with van der Waals surface area (Å²) in [7, 11) is 0. The zero-order valence-electron chi connectivity index (χ0n) is 11.0. The molecule has 0 radical (unpaired) electrons. The molecule has 3 rings (SSSR count). The second kappa shape index (κ2) is 5.17. The first kappa shape index (κ1) is 12.4. The Morgan fingerprint density at radius 2 is 2.26 bits per heavy atom. The van der Waals surface area contributed by atoms with Crippen molar-refractivity contribution in [3.05, 3.63) is 23.5 Å². The fraction of sp³-hybridized carbons (Fsp3) is 0.571. The molecule has 1 atom stereocenters. The Morgan fingerprint density at radius 3 is 2.95 bits per heavy atom. The number of pyridine rings is 1. The molecule has 1 saturated carbocycles. The molecule has 0 bridgehead atoms. The van der Waals surface area contributed by atoms with Gasteiger partial charge in [0.1, 0.15) is 5.75 Å². The molecule has 0 spiro atoms. The molecule has 0 aromatic carbocycles. The van der Waals surface area contributed by atoms with Crippen molar-refractivity contribution in [2.75, 3.05) is 6.61 Å². The Bertz CT molecular complexity index is 486. The molecule has 1 saturated heterocycles. The van der Waals surface area contributed by atoms with Crippen LogP contribution in [-0.2, 0) is 16.1 Å². The fourth-order valence-corrected chi connectivity index (χ4v) is 2.10. The molecule has 2 fully saturated rings. The number of ether oxygens (including phenoxy) is 2. The minimum Gasteiger partial charge on any atom is -0.477 e. The van der Waals surface area contributed by atoms with Crippen molar-refractivity contribution in [2.45, 2.75) is 44.9 Å². The molecule has 1 aliphatic heterocycles. The van der Waals surface area contributed by atoms with Gasteiger partial charge in [0.05, 0.1) is 12.3 Å². The molecule has 5 heteroatoms. The van der Waals surface area contributed by atoms with Crippen molar-refractivity contribution in [3.8, 4) is 5.75 Å². The summed E-state index contributed by atoms with van der Waals surface area (Å²) >= 11 is 0. The van der Waals surface area contributed by atoms with Crippen LogP contribution in [0.3, 0.4) is 0 Å². The van der Waals surface area contributed by atoms with Gasteiger partial charge in [0.25, 0.3) is 0 Å². The van der Waals surface area contributed by atoms with Crippen LogP contribution < -0.4 is 10.1 Å². The molecule has 2 heterocycles. The van der Waals surface area contributed by atoms with E-state index in [0.29, 0.717) is 31.4 Å². The second-order valence-electron chi connectivity index (χ2n) is 5.12. The highest BCUT2D eigenvalue weighted by Crippen LogP contribution is 2.24. The van der Waals surface area contributed by atoms with Gasteiger partial charge in [0.15, 0.2) is 6.10 Å². The van der Waals surface area contributed by atoms with Crippen LogP contribution in [0.1, 0.15) is 30.7 Å². The first-order valence-electron chi connectivity index (χ1n) is 6.75. The van der Waals surface area contributed by atoms with E-state index in [9.17, 15) is 4.79 Å². The Morgan fingerprint density at radius 1 is 1.42 bits per heavy atom. The van der Waals surface area contributed by atoms with Gasteiger partial charge >= 0.3 is 5.97 Å². The Kier molecular flexibility index (Phi) is 3.38. The van der Waals surface area contributed by atoms with Crippen LogP contribution in [0.5, 0.6) is 5.75 Å². The van der Waals surface area contributed by atoms with E-state index in [-0.39, 0.29) is 5.97 Å². The number of aryl methyl sites for hydroxylation is 1. The molecule has 5 nitrogen and oxygen atoms in total. The van der Waals surface area contributed by atoms with Crippen LogP contribution in [-0.4, -0.2) is 29.7 Å². The van der Waals surface area contributed by atoms with Gasteiger partial charge in [-0.05, 0) is 31.9 Å². The van der Waals surface area contributed by atoms with E-state index in [2.05, 4.69) is 10.3 Å². The van der Waals surface area contributed by atoms with E-state index in [4.69, 9.17) is 9.47 Å². The molecule has 1 aliphatic carbocycles. The fourth-order valence-electron chi connectivity index (χ4n) is 2.10. The van der Waals surface area contributed by atoms with E-state index >= 15 is 0 Å². The summed E-state index contributed by atoms with van der Waals surface area (Å²) in [6.45, 7) is 3.08. The first-order chi connectivity index (χ1) is 9.22. The average molecular weight is 262 g/mol. The van der Waals surface area contributed by atoms with Crippen molar-refractivity contribution < 1.29 is 14.3 Å². The summed E-state index contributed by atoms with van der Waals surface area (Å²) in [6, 6.07) is 4.40. The quantitative estimate of drug-likeness (QED) is 0.811. The van der Waals surface area contributed by atoms with Crippen LogP contribution in [0.25, 0.3) is 0 Å². The van der Waals surface area contributed by atoms with Crippen molar-refractivity contribution >= 4 is 5.97 Å². The third-order valence-electron chi connectivity index (χ3n) is 3.36. The zero-order chi connectivity index (χ0) is 13.2. The van der Waals surface area contributed by atoms with Crippen LogP contribution in [0.2, 0.25) is 0 Å². The normalized spacial score (nSPS) is 22.4. The van der Waals surface area contributed by atoms with Gasteiger partial charge in [-0.2, -0.15) is 0 Å². The maximum Gasteiger partial charge on any atom is 0.347 e. The van der Waals surface area contributed by atoms with E-state index in [0.717, 1.165) is 11.4 Å². The van der Waals surface area contributed by atoms with E-state index < -0.39 is 6.10 Å². The molecule has 102 valence electrons. The predicted octanol–water partition coefficient (Wildman–Crippen LogP) is 1.34. The number of nitrogens with zero attached hydrogens (tertiary/aromatic N) is 1. The Balaban J connectivity index is 1.72. The van der Waals surface area contributed by atoms with E-state index in [1.807, 2.05) is 19.1 Å². The summed E-state index contributed by atoms with van der Waals surface area (Å²) in [5, 5.41) is 3.42. The number of hydrogen-bond donors (Lipinski definition) is 1. The zero-order valence-corrected chi connectivity index (χ0v) is 11.0. The molecular formula is C14H18N2O3. The standard InChI is InChI=1S/C14H18N2O3/c1-9-2-5-12(19-13-6-7-18-14(13)17)11(16-9)8-15-10-3-4-10/h2,5,10,13,15H,3-4,6-8H2,1H3. The van der Waals surface area contributed by atoms with Gasteiger partial charge in [-0.15, -0.1) is 0 Å². The predicted molar refractivity (Wildman–Crippen MR) is 68.8 cm³/mol. The molecule has 1 aromatic heterocycles. The van der Waals surface area contributed by atoms with Crippen molar-refractivity contribution in [2.24, 2.45) is 0 Å². The summed E-state index contributed by atoms with van der Waals surface area (Å²) in [6.07, 6.45) is 2.60. The molecule has 1 N–H and O–H groups in total. The van der Waals surface area contributed by atoms with Crippen LogP contribution in [0.4, 0.5) is 0 Å². The second-order valence-corrected chi connectivity index (χ2v) is 5.12. The highest BCUT2D eigenvalue weighted by molar-refractivity contribution is 5.76. The van der Waals surface area contributed by atoms with Gasteiger partial charge in [-0.1, -0.05) is 0 Å². The lowest BCUT2D eigenvalue weighted by molar-refractivity contribution is -0.143. The highest BCUT2D eigenvalue weighted by Gasteiger charge is 2.29. The number of aromatic nitrogens is 1. The lowest BCUT2D eigenvalue weighted by atomic mass is 10.2. The Labute approximate surface area is 112 Å². The topological polar surface area (TPSA) is 60.5 Å². The van der Waals surface area contributed by atoms with Crippen molar-refractivity contribution in [1.29, 1.82) is 0 Å². The number of hydrogen-bond acceptors (Lipinski definition) is 5. The minimum absolute atomic E-state index is 0.276. The van der Waals surface area contributed by atoms with Crippen molar-refractivity contribution in [1.82, 2.24) is 10.3 Å². The highest BCUT2D eigenvalue weighted by atomic mass is 16.6. The van der Waals surface area contributed by atoms with Crippen LogP contribution in [0.15, 0.2) is 12.1 Å². The third kappa shape index (κ3) is 3.04. The van der Waals surface area contributed by atoms with Gasteiger partial charge in [-0.25, -0.2) is 4.79 Å². The van der Waals surface area contributed by atoms with Gasteiger partial charge in [-0.3, -0.25) is 4.98 Å². The maximum absolute atomic E-state index is 11.4.